The van der Waals surface area contributed by atoms with Gasteiger partial charge in [-0.25, -0.2) is 13.1 Å². The Morgan fingerprint density at radius 3 is 2.38 bits per heavy atom. The van der Waals surface area contributed by atoms with Gasteiger partial charge in [0.2, 0.25) is 10.0 Å². The predicted molar refractivity (Wildman–Crippen MR) is 119 cm³/mol. The van der Waals surface area contributed by atoms with E-state index in [1.54, 1.807) is 31.7 Å². The smallest absolute Gasteiger partial charge is 0.255 e. The lowest BCUT2D eigenvalue weighted by Crippen LogP contribution is -2.40. The number of halogens is 1. The summed E-state index contributed by atoms with van der Waals surface area (Å²) in [5.74, 6) is -0.187. The third-order valence-corrected chi connectivity index (χ3v) is 7.01. The maximum Gasteiger partial charge on any atom is 0.255 e. The number of amides is 1. The van der Waals surface area contributed by atoms with Gasteiger partial charge in [-0.1, -0.05) is 36.4 Å². The van der Waals surface area contributed by atoms with Crippen molar-refractivity contribution in [2.24, 2.45) is 0 Å². The fraction of sp³-hybridized carbons (Fsp3) is 0.318. The van der Waals surface area contributed by atoms with Gasteiger partial charge in [0.25, 0.3) is 5.91 Å². The Hall–Kier alpha value is -1.96. The molecule has 1 aliphatic heterocycles. The molecular formula is C22H25BrN2O3S. The van der Waals surface area contributed by atoms with Gasteiger partial charge < -0.3 is 4.90 Å². The lowest BCUT2D eigenvalue weighted by atomic mass is 9.99. The molecule has 0 unspecified atom stereocenters. The second-order valence-corrected chi connectivity index (χ2v) is 10.6. The van der Waals surface area contributed by atoms with Crippen LogP contribution in [0, 0.1) is 0 Å². The van der Waals surface area contributed by atoms with Crippen LogP contribution in [0.2, 0.25) is 0 Å². The summed E-state index contributed by atoms with van der Waals surface area (Å²) in [6, 6.07) is 14.7. The number of hydrogen-bond acceptors (Lipinski definition) is 3. The van der Waals surface area contributed by atoms with Crippen LogP contribution in [-0.2, 0) is 10.0 Å². The highest BCUT2D eigenvalue weighted by molar-refractivity contribution is 9.10. The molecule has 7 heteroatoms. The molecule has 0 bridgehead atoms. The van der Waals surface area contributed by atoms with Gasteiger partial charge in [-0.15, -0.1) is 0 Å². The van der Waals surface area contributed by atoms with E-state index in [2.05, 4.69) is 38.9 Å². The number of nitrogens with one attached hydrogen (secondary N) is 1. The summed E-state index contributed by atoms with van der Waals surface area (Å²) in [6.45, 7) is 6.41. The molecule has 2 aromatic rings. The van der Waals surface area contributed by atoms with Crippen molar-refractivity contribution < 1.29 is 13.2 Å². The number of rotatable bonds is 4. The summed E-state index contributed by atoms with van der Waals surface area (Å²) in [5.41, 5.74) is 2.13. The van der Waals surface area contributed by atoms with E-state index in [-0.39, 0.29) is 10.8 Å². The lowest BCUT2D eigenvalue weighted by Gasteiger charge is -2.27. The molecular weight excluding hydrogens is 452 g/mol. The van der Waals surface area contributed by atoms with E-state index >= 15 is 0 Å². The molecule has 0 aromatic heterocycles. The SMILES string of the molecule is CC(C)(C)NS(=O)(=O)c1ccc(Br)c(C(=O)N2CC=C(c3ccccc3)CC2)c1. The molecule has 1 aliphatic rings. The molecule has 29 heavy (non-hydrogen) atoms. The van der Waals surface area contributed by atoms with Crippen LogP contribution in [0.4, 0.5) is 0 Å². The minimum absolute atomic E-state index is 0.0801. The number of benzene rings is 2. The number of sulfonamides is 1. The number of nitrogens with zero attached hydrogens (tertiary/aromatic N) is 1. The second kappa shape index (κ2) is 8.42. The largest absolute Gasteiger partial charge is 0.335 e. The van der Waals surface area contributed by atoms with Crippen molar-refractivity contribution in [1.82, 2.24) is 9.62 Å². The van der Waals surface area contributed by atoms with Crippen molar-refractivity contribution in [1.29, 1.82) is 0 Å². The summed E-state index contributed by atoms with van der Waals surface area (Å²) < 4.78 is 28.5. The Balaban J connectivity index is 1.82. The summed E-state index contributed by atoms with van der Waals surface area (Å²) >= 11 is 3.40. The Morgan fingerprint density at radius 1 is 1.10 bits per heavy atom. The van der Waals surface area contributed by atoms with Crippen LogP contribution >= 0.6 is 15.9 Å². The molecule has 0 spiro atoms. The molecule has 2 aromatic carbocycles. The molecule has 0 saturated carbocycles. The first kappa shape index (κ1) is 21.7. The Labute approximate surface area is 181 Å². The topological polar surface area (TPSA) is 66.5 Å². The standard InChI is InChI=1S/C22H25BrN2O3S/c1-22(2,3)24-29(27,28)18-9-10-20(23)19(15-18)21(26)25-13-11-17(12-14-25)16-7-5-4-6-8-16/h4-11,15,24H,12-14H2,1-3H3. The third-order valence-electron chi connectivity index (χ3n) is 4.56. The van der Waals surface area contributed by atoms with E-state index in [0.717, 1.165) is 6.42 Å². The maximum absolute atomic E-state index is 13.1. The molecule has 0 fully saturated rings. The quantitative estimate of drug-likeness (QED) is 0.708. The van der Waals surface area contributed by atoms with E-state index in [1.807, 2.05) is 18.2 Å². The summed E-state index contributed by atoms with van der Waals surface area (Å²) in [6.07, 6.45) is 2.82. The zero-order chi connectivity index (χ0) is 21.2. The third kappa shape index (κ3) is 5.35. The van der Waals surface area contributed by atoms with Crippen LogP contribution in [0.5, 0.6) is 0 Å². The van der Waals surface area contributed by atoms with Crippen LogP contribution in [0.3, 0.4) is 0 Å². The van der Waals surface area contributed by atoms with Crippen LogP contribution in [0.1, 0.15) is 43.1 Å². The Morgan fingerprint density at radius 2 is 1.79 bits per heavy atom. The first-order valence-corrected chi connectivity index (χ1v) is 11.7. The second-order valence-electron chi connectivity index (χ2n) is 8.09. The number of carbonyl (C=O) groups is 1. The highest BCUT2D eigenvalue weighted by Gasteiger charge is 2.26. The van der Waals surface area contributed by atoms with Crippen molar-refractivity contribution in [2.75, 3.05) is 13.1 Å². The van der Waals surface area contributed by atoms with E-state index < -0.39 is 15.6 Å². The van der Waals surface area contributed by atoms with Gasteiger partial charge in [0, 0.05) is 23.1 Å². The van der Waals surface area contributed by atoms with Gasteiger partial charge in [-0.05, 0) is 72.5 Å². The van der Waals surface area contributed by atoms with E-state index in [1.165, 1.54) is 23.3 Å². The highest BCUT2D eigenvalue weighted by Crippen LogP contribution is 2.27. The van der Waals surface area contributed by atoms with Crippen molar-refractivity contribution >= 4 is 37.4 Å². The first-order chi connectivity index (χ1) is 13.6. The number of carbonyl (C=O) groups excluding carboxylic acids is 1. The van der Waals surface area contributed by atoms with Gasteiger partial charge in [0.1, 0.15) is 0 Å². The van der Waals surface area contributed by atoms with Gasteiger partial charge in [-0.2, -0.15) is 0 Å². The van der Waals surface area contributed by atoms with Crippen LogP contribution < -0.4 is 4.72 Å². The molecule has 1 N–H and O–H groups in total. The Kier molecular flexibility index (Phi) is 6.31. The maximum atomic E-state index is 13.1. The van der Waals surface area contributed by atoms with Crippen molar-refractivity contribution in [2.45, 2.75) is 37.6 Å². The minimum Gasteiger partial charge on any atom is -0.335 e. The molecule has 5 nitrogen and oxygen atoms in total. The fourth-order valence-corrected chi connectivity index (χ4v) is 5.10. The molecule has 0 atom stereocenters. The van der Waals surface area contributed by atoms with Crippen molar-refractivity contribution in [3.63, 3.8) is 0 Å². The van der Waals surface area contributed by atoms with E-state index in [0.29, 0.717) is 23.1 Å². The zero-order valence-electron chi connectivity index (χ0n) is 16.8. The van der Waals surface area contributed by atoms with E-state index in [9.17, 15) is 13.2 Å². The first-order valence-electron chi connectivity index (χ1n) is 9.44. The molecule has 154 valence electrons. The van der Waals surface area contributed by atoms with Crippen molar-refractivity contribution in [3.05, 3.63) is 70.2 Å². The molecule has 1 amide bonds. The monoisotopic (exact) mass is 476 g/mol. The normalized spacial score (nSPS) is 15.2. The van der Waals surface area contributed by atoms with Crippen molar-refractivity contribution in [3.8, 4) is 0 Å². The van der Waals surface area contributed by atoms with Gasteiger partial charge in [0.05, 0.1) is 10.5 Å². The summed E-state index contributed by atoms with van der Waals surface area (Å²) in [4.78, 5) is 14.9. The van der Waals surface area contributed by atoms with Gasteiger partial charge in [0.15, 0.2) is 0 Å². The molecule has 0 aliphatic carbocycles. The highest BCUT2D eigenvalue weighted by atomic mass is 79.9. The van der Waals surface area contributed by atoms with Crippen LogP contribution in [-0.4, -0.2) is 37.9 Å². The average Bonchev–Trinajstić information content (AvgIpc) is 2.66. The lowest BCUT2D eigenvalue weighted by molar-refractivity contribution is 0.0771. The van der Waals surface area contributed by atoms with Gasteiger partial charge in [-0.3, -0.25) is 4.79 Å². The van der Waals surface area contributed by atoms with Crippen LogP contribution in [0.25, 0.3) is 5.57 Å². The average molecular weight is 477 g/mol. The molecule has 0 saturated heterocycles. The predicted octanol–water partition coefficient (Wildman–Crippen LogP) is 4.46. The van der Waals surface area contributed by atoms with E-state index in [4.69, 9.17) is 0 Å². The molecule has 1 heterocycles. The molecule has 3 rings (SSSR count). The fourth-order valence-electron chi connectivity index (χ4n) is 3.24. The van der Waals surface area contributed by atoms with Gasteiger partial charge >= 0.3 is 0 Å². The van der Waals surface area contributed by atoms with Crippen LogP contribution in [0.15, 0.2) is 64.0 Å². The zero-order valence-corrected chi connectivity index (χ0v) is 19.2. The minimum atomic E-state index is -3.72. The summed E-state index contributed by atoms with van der Waals surface area (Å²) in [5, 5.41) is 0. The summed E-state index contributed by atoms with van der Waals surface area (Å²) in [7, 11) is -3.72. The molecule has 0 radical (unpaired) electrons. The Bertz CT molecular complexity index is 1040. The number of hydrogen-bond donors (Lipinski definition) is 1.